The standard InChI is InChI=1S/C15H28O7S.Na/c1-2-3-4-5-6-7-8-9-10-11-22-15(18)13(12-14(16)17)23(19,20)21;/h13H,2-12H2,1H3,(H,16,17)(H,19,20,21);/q;+1/p-1. The number of unbranched alkanes of at least 4 members (excludes halogenated alkanes) is 8. The number of aliphatic carboxylic acids is 1. The van der Waals surface area contributed by atoms with E-state index in [4.69, 9.17) is 9.29 Å². The van der Waals surface area contributed by atoms with Crippen molar-refractivity contribution >= 4 is 22.1 Å². The number of carboxylic acid groups (broad SMARTS) is 1. The largest absolute Gasteiger partial charge is 1.00 e. The SMILES string of the molecule is CCCCCCCCCCCOC(=O)C(CC(=O)[O-])S(=O)(=O)O.[Na+]. The number of esters is 1. The number of carboxylic acids is 1. The number of carbonyl (C=O) groups is 2. The van der Waals surface area contributed by atoms with Gasteiger partial charge in [-0.1, -0.05) is 58.3 Å². The molecule has 136 valence electrons. The molecular weight excluding hydrogens is 347 g/mol. The van der Waals surface area contributed by atoms with Gasteiger partial charge in [-0.2, -0.15) is 8.42 Å². The van der Waals surface area contributed by atoms with E-state index in [1.165, 1.54) is 32.1 Å². The van der Waals surface area contributed by atoms with E-state index in [9.17, 15) is 23.1 Å². The van der Waals surface area contributed by atoms with Crippen molar-refractivity contribution in [2.24, 2.45) is 0 Å². The summed E-state index contributed by atoms with van der Waals surface area (Å²) in [6, 6.07) is 0. The summed E-state index contributed by atoms with van der Waals surface area (Å²) in [4.78, 5) is 21.9. The van der Waals surface area contributed by atoms with E-state index >= 15 is 0 Å². The molecule has 0 spiro atoms. The fourth-order valence-corrected chi connectivity index (χ4v) is 2.80. The van der Waals surface area contributed by atoms with Gasteiger partial charge in [-0.25, -0.2) is 0 Å². The molecule has 1 unspecified atom stereocenters. The van der Waals surface area contributed by atoms with Gasteiger partial charge in [0.2, 0.25) is 0 Å². The third kappa shape index (κ3) is 14.2. The van der Waals surface area contributed by atoms with Crippen molar-refractivity contribution in [3.63, 3.8) is 0 Å². The molecule has 0 aliphatic carbocycles. The summed E-state index contributed by atoms with van der Waals surface area (Å²) in [5, 5.41) is 8.29. The van der Waals surface area contributed by atoms with Crippen LogP contribution in [-0.4, -0.2) is 36.8 Å². The Kier molecular flexibility index (Phi) is 16.4. The summed E-state index contributed by atoms with van der Waals surface area (Å²) < 4.78 is 35.5. The molecule has 0 aliphatic rings. The second kappa shape index (κ2) is 15.1. The van der Waals surface area contributed by atoms with Gasteiger partial charge in [0.15, 0.2) is 5.25 Å². The zero-order valence-electron chi connectivity index (χ0n) is 14.7. The van der Waals surface area contributed by atoms with Crippen LogP contribution < -0.4 is 34.7 Å². The van der Waals surface area contributed by atoms with Crippen molar-refractivity contribution < 1.29 is 62.0 Å². The van der Waals surface area contributed by atoms with Crippen molar-refractivity contribution in [2.75, 3.05) is 6.61 Å². The van der Waals surface area contributed by atoms with Gasteiger partial charge in [-0.05, 0) is 6.42 Å². The Morgan fingerprint density at radius 2 is 1.46 bits per heavy atom. The summed E-state index contributed by atoms with van der Waals surface area (Å²) >= 11 is 0. The van der Waals surface area contributed by atoms with E-state index in [1.54, 1.807) is 0 Å². The van der Waals surface area contributed by atoms with Crippen molar-refractivity contribution in [1.82, 2.24) is 0 Å². The van der Waals surface area contributed by atoms with Gasteiger partial charge >= 0.3 is 35.5 Å². The smallest absolute Gasteiger partial charge is 0.550 e. The zero-order chi connectivity index (χ0) is 17.7. The van der Waals surface area contributed by atoms with Crippen molar-refractivity contribution in [2.45, 2.75) is 76.4 Å². The maximum atomic E-state index is 11.5. The Morgan fingerprint density at radius 1 is 1.00 bits per heavy atom. The van der Waals surface area contributed by atoms with Crippen LogP contribution >= 0.6 is 0 Å². The van der Waals surface area contributed by atoms with E-state index in [0.717, 1.165) is 19.3 Å². The molecule has 0 fully saturated rings. The van der Waals surface area contributed by atoms with Crippen LogP contribution in [0.25, 0.3) is 0 Å². The minimum atomic E-state index is -4.82. The van der Waals surface area contributed by atoms with Crippen molar-refractivity contribution in [1.29, 1.82) is 0 Å². The summed E-state index contributed by atoms with van der Waals surface area (Å²) in [7, 11) is -4.82. The van der Waals surface area contributed by atoms with Crippen LogP contribution in [0.4, 0.5) is 0 Å². The molecule has 9 heteroatoms. The molecule has 0 aromatic rings. The maximum absolute atomic E-state index is 11.5. The van der Waals surface area contributed by atoms with Gasteiger partial charge in [0.1, 0.15) is 0 Å². The molecule has 0 saturated carbocycles. The number of rotatable bonds is 14. The topological polar surface area (TPSA) is 121 Å². The Morgan fingerprint density at radius 3 is 1.88 bits per heavy atom. The van der Waals surface area contributed by atoms with Gasteiger partial charge in [0, 0.05) is 12.4 Å². The first kappa shape index (κ1) is 26.1. The number of hydrogen-bond acceptors (Lipinski definition) is 6. The second-order valence-corrected chi connectivity index (χ2v) is 7.17. The number of carbonyl (C=O) groups excluding carboxylic acids is 2. The molecule has 0 amide bonds. The fourth-order valence-electron chi connectivity index (χ4n) is 2.14. The molecular formula is C15H27NaO7S. The van der Waals surface area contributed by atoms with Crippen LogP contribution in [-0.2, 0) is 24.4 Å². The first-order valence-electron chi connectivity index (χ1n) is 8.11. The molecule has 0 saturated heterocycles. The van der Waals surface area contributed by atoms with Gasteiger partial charge < -0.3 is 14.6 Å². The van der Waals surface area contributed by atoms with E-state index in [2.05, 4.69) is 6.92 Å². The summed E-state index contributed by atoms with van der Waals surface area (Å²) in [6.07, 6.45) is 8.55. The predicted molar refractivity (Wildman–Crippen MR) is 83.1 cm³/mol. The first-order valence-corrected chi connectivity index (χ1v) is 9.62. The van der Waals surface area contributed by atoms with E-state index in [1.807, 2.05) is 0 Å². The fraction of sp³-hybridized carbons (Fsp3) is 0.867. The Hall–Kier alpha value is -0.150. The normalized spacial score (nSPS) is 12.2. The van der Waals surface area contributed by atoms with Gasteiger partial charge in [-0.15, -0.1) is 0 Å². The van der Waals surface area contributed by atoms with Crippen LogP contribution in [0.1, 0.15) is 71.1 Å². The average molecular weight is 374 g/mol. The van der Waals surface area contributed by atoms with Gasteiger partial charge in [0.25, 0.3) is 10.1 Å². The Balaban J connectivity index is 0. The quantitative estimate of drug-likeness (QED) is 0.169. The Labute approximate surface area is 166 Å². The number of hydrogen-bond donors (Lipinski definition) is 1. The molecule has 0 aliphatic heterocycles. The maximum Gasteiger partial charge on any atom is 1.00 e. The zero-order valence-corrected chi connectivity index (χ0v) is 17.5. The van der Waals surface area contributed by atoms with Crippen LogP contribution in [0.15, 0.2) is 0 Å². The van der Waals surface area contributed by atoms with Gasteiger partial charge in [-0.3, -0.25) is 9.35 Å². The molecule has 7 nitrogen and oxygen atoms in total. The third-order valence-electron chi connectivity index (χ3n) is 3.47. The van der Waals surface area contributed by atoms with Crippen LogP contribution in [0.3, 0.4) is 0 Å². The summed E-state index contributed by atoms with van der Waals surface area (Å²) in [6.45, 7) is 2.18. The van der Waals surface area contributed by atoms with Crippen LogP contribution in [0.2, 0.25) is 0 Å². The molecule has 0 heterocycles. The van der Waals surface area contributed by atoms with E-state index in [0.29, 0.717) is 6.42 Å². The van der Waals surface area contributed by atoms with Crippen molar-refractivity contribution in [3.05, 3.63) is 0 Å². The number of ether oxygens (including phenoxy) is 1. The summed E-state index contributed by atoms with van der Waals surface area (Å²) in [5.74, 6) is -3.00. The predicted octanol–water partition coefficient (Wildman–Crippen LogP) is -1.54. The minimum Gasteiger partial charge on any atom is -0.550 e. The molecule has 0 rings (SSSR count). The van der Waals surface area contributed by atoms with E-state index < -0.39 is 33.7 Å². The molecule has 24 heavy (non-hydrogen) atoms. The third-order valence-corrected chi connectivity index (χ3v) is 4.54. The second-order valence-electron chi connectivity index (χ2n) is 5.58. The van der Waals surface area contributed by atoms with E-state index in [-0.39, 0.29) is 36.2 Å². The summed E-state index contributed by atoms with van der Waals surface area (Å²) in [5.41, 5.74) is 0. The molecule has 0 aromatic carbocycles. The minimum absolute atomic E-state index is 0. The molecule has 0 aromatic heterocycles. The monoisotopic (exact) mass is 374 g/mol. The molecule has 1 N–H and O–H groups in total. The van der Waals surface area contributed by atoms with Crippen LogP contribution in [0.5, 0.6) is 0 Å². The Bertz CT molecular complexity index is 451. The molecule has 1 atom stereocenters. The van der Waals surface area contributed by atoms with Crippen LogP contribution in [0, 0.1) is 0 Å². The molecule has 0 bridgehead atoms. The first-order chi connectivity index (χ1) is 10.8. The molecule has 0 radical (unpaired) electrons. The van der Waals surface area contributed by atoms with Crippen molar-refractivity contribution in [3.8, 4) is 0 Å². The van der Waals surface area contributed by atoms with Gasteiger partial charge in [0.05, 0.1) is 6.61 Å². The average Bonchev–Trinajstić information content (AvgIpc) is 2.45.